The Bertz CT molecular complexity index is 441. The van der Waals surface area contributed by atoms with E-state index in [-0.39, 0.29) is 4.91 Å². The third kappa shape index (κ3) is 1.52. The highest BCUT2D eigenvalue weighted by Gasteiger charge is 2.39. The molecule has 4 nitrogen and oxygen atoms in total. The lowest BCUT2D eigenvalue weighted by Gasteiger charge is -2.23. The van der Waals surface area contributed by atoms with Gasteiger partial charge >= 0.3 is 0 Å². The molecule has 1 aliphatic rings. The van der Waals surface area contributed by atoms with Gasteiger partial charge in [-0.15, -0.1) is 0 Å². The fourth-order valence-electron chi connectivity index (χ4n) is 1.22. The summed E-state index contributed by atoms with van der Waals surface area (Å²) in [7, 11) is -6.75. The van der Waals surface area contributed by atoms with Crippen molar-refractivity contribution in [2.45, 2.75) is 31.3 Å². The van der Waals surface area contributed by atoms with Gasteiger partial charge in [0.2, 0.25) is 0 Å². The summed E-state index contributed by atoms with van der Waals surface area (Å²) in [5, 5.41) is -0.837. The predicted octanol–water partition coefficient (Wildman–Crippen LogP) is 0.468. The molecule has 2 atom stereocenters. The van der Waals surface area contributed by atoms with Crippen molar-refractivity contribution in [2.24, 2.45) is 0 Å². The Morgan fingerprint density at radius 3 is 2.00 bits per heavy atom. The van der Waals surface area contributed by atoms with Crippen molar-refractivity contribution >= 4 is 19.7 Å². The van der Waals surface area contributed by atoms with Gasteiger partial charge in [0, 0.05) is 5.41 Å². The van der Waals surface area contributed by atoms with Gasteiger partial charge in [-0.25, -0.2) is 16.8 Å². The average Bonchev–Trinajstić information content (AvgIpc) is 1.98. The van der Waals surface area contributed by atoms with Crippen LogP contribution in [0.1, 0.15) is 20.8 Å². The number of hydrogen-bond acceptors (Lipinski definition) is 4. The fraction of sp³-hybridized carbons (Fsp3) is 0.714. The molecule has 0 aromatic heterocycles. The molecule has 0 aromatic rings. The van der Waals surface area contributed by atoms with Crippen LogP contribution in [-0.2, 0) is 19.7 Å². The first-order chi connectivity index (χ1) is 5.69. The second kappa shape index (κ2) is 2.81. The van der Waals surface area contributed by atoms with E-state index >= 15 is 0 Å². The van der Waals surface area contributed by atoms with E-state index in [0.717, 1.165) is 5.41 Å². The van der Waals surface area contributed by atoms with Crippen LogP contribution in [0.3, 0.4) is 0 Å². The summed E-state index contributed by atoms with van der Waals surface area (Å²) in [4.78, 5) is -0.0573. The standard InChI is InChI=1S/C7H12O4S2/c1-5-4-12(8,9)6(2)7(3)13(5,10)11/h4,6-7H,1-3H3. The summed E-state index contributed by atoms with van der Waals surface area (Å²) < 4.78 is 45.7. The van der Waals surface area contributed by atoms with E-state index < -0.39 is 30.2 Å². The molecule has 13 heavy (non-hydrogen) atoms. The summed E-state index contributed by atoms with van der Waals surface area (Å²) in [6.07, 6.45) is 0. The van der Waals surface area contributed by atoms with Crippen LogP contribution in [0.15, 0.2) is 10.3 Å². The lowest BCUT2D eigenvalue weighted by molar-refractivity contribution is 0.566. The molecule has 0 aromatic carbocycles. The first-order valence-corrected chi connectivity index (χ1v) is 7.01. The molecule has 0 fully saturated rings. The molecule has 0 saturated heterocycles. The van der Waals surface area contributed by atoms with Crippen LogP contribution >= 0.6 is 0 Å². The third-order valence-corrected chi connectivity index (χ3v) is 7.30. The molecule has 0 bridgehead atoms. The van der Waals surface area contributed by atoms with Crippen molar-refractivity contribution in [1.29, 1.82) is 0 Å². The molecule has 0 N–H and O–H groups in total. The molecule has 1 heterocycles. The highest BCUT2D eigenvalue weighted by molar-refractivity contribution is 8.02. The molecular weight excluding hydrogens is 212 g/mol. The Kier molecular flexibility index (Phi) is 2.32. The Hall–Kier alpha value is -0.360. The maximum absolute atomic E-state index is 11.5. The van der Waals surface area contributed by atoms with Gasteiger partial charge in [0.1, 0.15) is 0 Å². The van der Waals surface area contributed by atoms with E-state index in [4.69, 9.17) is 0 Å². The van der Waals surface area contributed by atoms with Gasteiger partial charge in [-0.1, -0.05) is 0 Å². The second-order valence-electron chi connectivity index (χ2n) is 3.27. The molecule has 1 rings (SSSR count). The SMILES string of the molecule is CC1=CS(=O)(=O)C(C)C(C)S1(=O)=O. The molecule has 2 unspecified atom stereocenters. The quantitative estimate of drug-likeness (QED) is 0.599. The van der Waals surface area contributed by atoms with Gasteiger partial charge in [0.25, 0.3) is 0 Å². The molecule has 6 heteroatoms. The minimum absolute atomic E-state index is 0.0573. The minimum Gasteiger partial charge on any atom is -0.224 e. The van der Waals surface area contributed by atoms with E-state index in [9.17, 15) is 16.8 Å². The van der Waals surface area contributed by atoms with Crippen molar-refractivity contribution < 1.29 is 16.8 Å². The fourth-order valence-corrected chi connectivity index (χ4v) is 5.36. The number of rotatable bonds is 0. The summed E-state index contributed by atoms with van der Waals surface area (Å²) in [6.45, 7) is 4.16. The van der Waals surface area contributed by atoms with Crippen molar-refractivity contribution in [1.82, 2.24) is 0 Å². The van der Waals surface area contributed by atoms with Gasteiger partial charge in [-0.2, -0.15) is 0 Å². The Balaban J connectivity index is 3.50. The molecule has 1 aliphatic heterocycles. The molecule has 0 radical (unpaired) electrons. The van der Waals surface area contributed by atoms with E-state index in [2.05, 4.69) is 0 Å². The van der Waals surface area contributed by atoms with Crippen LogP contribution in [0.2, 0.25) is 0 Å². The first-order valence-electron chi connectivity index (χ1n) is 3.85. The summed E-state index contributed by atoms with van der Waals surface area (Å²) in [6, 6.07) is 0. The zero-order chi connectivity index (χ0) is 10.4. The third-order valence-electron chi connectivity index (χ3n) is 2.45. The van der Waals surface area contributed by atoms with E-state index in [1.165, 1.54) is 20.8 Å². The number of sulfone groups is 2. The van der Waals surface area contributed by atoms with E-state index in [1.807, 2.05) is 0 Å². The summed E-state index contributed by atoms with van der Waals surface area (Å²) >= 11 is 0. The van der Waals surface area contributed by atoms with Crippen molar-refractivity contribution in [3.05, 3.63) is 10.3 Å². The van der Waals surface area contributed by atoms with Crippen molar-refractivity contribution in [3.63, 3.8) is 0 Å². The number of hydrogen-bond donors (Lipinski definition) is 0. The normalized spacial score (nSPS) is 36.7. The molecule has 0 aliphatic carbocycles. The van der Waals surface area contributed by atoms with Crippen LogP contribution in [0.25, 0.3) is 0 Å². The maximum atomic E-state index is 11.5. The zero-order valence-electron chi connectivity index (χ0n) is 7.68. The van der Waals surface area contributed by atoms with E-state index in [0.29, 0.717) is 0 Å². The van der Waals surface area contributed by atoms with Gasteiger partial charge < -0.3 is 0 Å². The second-order valence-corrected chi connectivity index (χ2v) is 7.91. The number of allylic oxidation sites excluding steroid dienone is 1. The van der Waals surface area contributed by atoms with Crippen LogP contribution in [0, 0.1) is 0 Å². The van der Waals surface area contributed by atoms with Crippen LogP contribution in [-0.4, -0.2) is 27.3 Å². The van der Waals surface area contributed by atoms with Crippen LogP contribution < -0.4 is 0 Å². The largest absolute Gasteiger partial charge is 0.224 e. The predicted molar refractivity (Wildman–Crippen MR) is 50.5 cm³/mol. The van der Waals surface area contributed by atoms with Gasteiger partial charge in [-0.05, 0) is 20.8 Å². The van der Waals surface area contributed by atoms with Crippen molar-refractivity contribution in [3.8, 4) is 0 Å². The average molecular weight is 224 g/mol. The first kappa shape index (κ1) is 10.7. The lowest BCUT2D eigenvalue weighted by Crippen LogP contribution is -2.38. The Morgan fingerprint density at radius 2 is 1.54 bits per heavy atom. The van der Waals surface area contributed by atoms with Crippen molar-refractivity contribution in [2.75, 3.05) is 0 Å². The monoisotopic (exact) mass is 224 g/mol. The summed E-state index contributed by atoms with van der Waals surface area (Å²) in [5.74, 6) is 0. The topological polar surface area (TPSA) is 68.3 Å². The molecule has 0 amide bonds. The molecule has 0 spiro atoms. The minimum atomic E-state index is -3.38. The van der Waals surface area contributed by atoms with Gasteiger partial charge in [-0.3, -0.25) is 0 Å². The molecular formula is C7H12O4S2. The Morgan fingerprint density at radius 1 is 1.08 bits per heavy atom. The molecule has 0 saturated carbocycles. The van der Waals surface area contributed by atoms with Gasteiger partial charge in [0.15, 0.2) is 19.7 Å². The highest BCUT2D eigenvalue weighted by Crippen LogP contribution is 2.27. The highest BCUT2D eigenvalue weighted by atomic mass is 32.2. The zero-order valence-corrected chi connectivity index (χ0v) is 9.31. The maximum Gasteiger partial charge on any atom is 0.178 e. The van der Waals surface area contributed by atoms with Crippen LogP contribution in [0.5, 0.6) is 0 Å². The van der Waals surface area contributed by atoms with Crippen LogP contribution in [0.4, 0.5) is 0 Å². The lowest BCUT2D eigenvalue weighted by atomic mass is 10.4. The smallest absolute Gasteiger partial charge is 0.178 e. The van der Waals surface area contributed by atoms with E-state index in [1.54, 1.807) is 0 Å². The summed E-state index contributed by atoms with van der Waals surface area (Å²) in [5.41, 5.74) is 0. The Labute approximate surface area is 78.5 Å². The molecule has 76 valence electrons. The van der Waals surface area contributed by atoms with Gasteiger partial charge in [0.05, 0.1) is 15.4 Å².